The fraction of sp³-hybridized carbons (Fsp3) is 0.667. The minimum absolute atomic E-state index is 0.152. The van der Waals surface area contributed by atoms with Gasteiger partial charge in [0.2, 0.25) is 11.8 Å². The van der Waals surface area contributed by atoms with E-state index in [1.807, 2.05) is 0 Å². The minimum atomic E-state index is -0.152. The quantitative estimate of drug-likeness (QED) is 0.784. The average molecular weight is 255 g/mol. The summed E-state index contributed by atoms with van der Waals surface area (Å²) in [7, 11) is 4.83. The first-order chi connectivity index (χ1) is 8.54. The Morgan fingerprint density at radius 1 is 1.11 bits per heavy atom. The fourth-order valence-corrected chi connectivity index (χ4v) is 1.62. The van der Waals surface area contributed by atoms with Crippen molar-refractivity contribution in [3.8, 4) is 11.8 Å². The number of ether oxygens (including phenoxy) is 3. The molecule has 1 N–H and O–H groups in total. The Kier molecular flexibility index (Phi) is 5.30. The van der Waals surface area contributed by atoms with Crippen LogP contribution < -0.4 is 14.8 Å². The summed E-state index contributed by atoms with van der Waals surface area (Å²) in [6, 6.07) is 0. The monoisotopic (exact) mass is 255 g/mol. The minimum Gasteiger partial charge on any atom is -0.481 e. The lowest BCUT2D eigenvalue weighted by Crippen LogP contribution is -2.42. The highest BCUT2D eigenvalue weighted by molar-refractivity contribution is 5.34. The molecular formula is C12H21N3O3. The van der Waals surface area contributed by atoms with Gasteiger partial charge in [-0.2, -0.15) is 0 Å². The van der Waals surface area contributed by atoms with Gasteiger partial charge in [0.05, 0.1) is 26.4 Å². The van der Waals surface area contributed by atoms with Crippen LogP contribution in [0, 0.1) is 0 Å². The summed E-state index contributed by atoms with van der Waals surface area (Å²) in [5.41, 5.74) is 0.646. The van der Waals surface area contributed by atoms with Crippen molar-refractivity contribution in [2.24, 2.45) is 0 Å². The number of hydrogen-bond donors (Lipinski definition) is 1. The largest absolute Gasteiger partial charge is 0.481 e. The van der Waals surface area contributed by atoms with Crippen molar-refractivity contribution >= 4 is 0 Å². The van der Waals surface area contributed by atoms with Gasteiger partial charge in [-0.3, -0.25) is 0 Å². The predicted molar refractivity (Wildman–Crippen MR) is 67.9 cm³/mol. The summed E-state index contributed by atoms with van der Waals surface area (Å²) >= 11 is 0. The summed E-state index contributed by atoms with van der Waals surface area (Å²) in [6.07, 6.45) is 1.42. The van der Waals surface area contributed by atoms with Crippen molar-refractivity contribution in [2.45, 2.75) is 25.9 Å². The molecule has 0 fully saturated rings. The van der Waals surface area contributed by atoms with E-state index in [-0.39, 0.29) is 5.54 Å². The van der Waals surface area contributed by atoms with Crippen LogP contribution in [-0.4, -0.2) is 43.4 Å². The molecule has 0 unspecified atom stereocenters. The van der Waals surface area contributed by atoms with Crippen LogP contribution >= 0.6 is 0 Å². The molecule has 0 aliphatic carbocycles. The Morgan fingerprint density at radius 2 is 1.67 bits per heavy atom. The summed E-state index contributed by atoms with van der Waals surface area (Å²) in [5.74, 6) is 1.03. The van der Waals surface area contributed by atoms with Gasteiger partial charge in [0, 0.05) is 19.2 Å². The maximum Gasteiger partial charge on any atom is 0.224 e. The van der Waals surface area contributed by atoms with E-state index in [1.165, 1.54) is 6.33 Å². The van der Waals surface area contributed by atoms with Gasteiger partial charge in [0.25, 0.3) is 0 Å². The molecule has 6 heteroatoms. The first-order valence-electron chi connectivity index (χ1n) is 5.70. The highest BCUT2D eigenvalue weighted by atomic mass is 16.5. The van der Waals surface area contributed by atoms with Gasteiger partial charge in [0.15, 0.2) is 0 Å². The normalized spacial score (nSPS) is 11.4. The first kappa shape index (κ1) is 14.7. The molecule has 0 amide bonds. The van der Waals surface area contributed by atoms with E-state index >= 15 is 0 Å². The topological polar surface area (TPSA) is 65.5 Å². The second kappa shape index (κ2) is 6.51. The average Bonchev–Trinajstić information content (AvgIpc) is 2.35. The smallest absolute Gasteiger partial charge is 0.224 e. The molecule has 1 rings (SSSR count). The molecule has 6 nitrogen and oxygen atoms in total. The molecule has 18 heavy (non-hydrogen) atoms. The van der Waals surface area contributed by atoms with Crippen molar-refractivity contribution in [3.63, 3.8) is 0 Å². The molecule has 102 valence electrons. The van der Waals surface area contributed by atoms with Gasteiger partial charge in [-0.05, 0) is 13.8 Å². The molecule has 0 bridgehead atoms. The van der Waals surface area contributed by atoms with E-state index < -0.39 is 0 Å². The zero-order valence-corrected chi connectivity index (χ0v) is 11.6. The van der Waals surface area contributed by atoms with E-state index in [0.29, 0.717) is 24.9 Å². The Balaban J connectivity index is 2.83. The van der Waals surface area contributed by atoms with Crippen LogP contribution in [0.25, 0.3) is 0 Å². The van der Waals surface area contributed by atoms with Crippen LogP contribution in [0.15, 0.2) is 6.33 Å². The Labute approximate surface area is 108 Å². The van der Waals surface area contributed by atoms with Crippen LogP contribution in [0.4, 0.5) is 0 Å². The van der Waals surface area contributed by atoms with Crippen LogP contribution in [0.3, 0.4) is 0 Å². The number of nitrogens with zero attached hydrogens (tertiary/aromatic N) is 2. The lowest BCUT2D eigenvalue weighted by Gasteiger charge is -2.25. The van der Waals surface area contributed by atoms with Gasteiger partial charge in [-0.25, -0.2) is 9.97 Å². The van der Waals surface area contributed by atoms with Crippen molar-refractivity contribution < 1.29 is 14.2 Å². The first-order valence-corrected chi connectivity index (χ1v) is 5.70. The second-order valence-corrected chi connectivity index (χ2v) is 4.54. The molecule has 0 radical (unpaired) electrons. The van der Waals surface area contributed by atoms with E-state index in [2.05, 4.69) is 29.1 Å². The zero-order valence-electron chi connectivity index (χ0n) is 11.6. The maximum atomic E-state index is 5.21. The third kappa shape index (κ3) is 3.82. The van der Waals surface area contributed by atoms with E-state index in [4.69, 9.17) is 14.2 Å². The molecular weight excluding hydrogens is 234 g/mol. The van der Waals surface area contributed by atoms with Crippen LogP contribution in [0.1, 0.15) is 19.4 Å². The van der Waals surface area contributed by atoms with E-state index in [1.54, 1.807) is 21.3 Å². The van der Waals surface area contributed by atoms with Gasteiger partial charge in [-0.15, -0.1) is 0 Å². The highest BCUT2D eigenvalue weighted by Gasteiger charge is 2.20. The molecule has 1 heterocycles. The third-order valence-corrected chi connectivity index (χ3v) is 2.50. The summed E-state index contributed by atoms with van der Waals surface area (Å²) in [6.45, 7) is 5.26. The lowest BCUT2D eigenvalue weighted by atomic mass is 10.1. The highest BCUT2D eigenvalue weighted by Crippen LogP contribution is 2.23. The molecule has 1 aromatic heterocycles. The van der Waals surface area contributed by atoms with E-state index in [9.17, 15) is 0 Å². The number of aromatic nitrogens is 2. The van der Waals surface area contributed by atoms with Crippen molar-refractivity contribution in [3.05, 3.63) is 11.9 Å². The molecule has 0 saturated heterocycles. The molecule has 0 aliphatic heterocycles. The number of hydrogen-bond acceptors (Lipinski definition) is 6. The number of methoxy groups -OCH3 is 3. The van der Waals surface area contributed by atoms with Gasteiger partial charge in [0.1, 0.15) is 6.33 Å². The summed E-state index contributed by atoms with van der Waals surface area (Å²) in [5, 5.41) is 3.36. The van der Waals surface area contributed by atoms with E-state index in [0.717, 1.165) is 5.56 Å². The predicted octanol–water partition coefficient (Wildman–Crippen LogP) is 1.01. The fourth-order valence-electron chi connectivity index (χ4n) is 1.62. The van der Waals surface area contributed by atoms with Crippen LogP contribution in [0.5, 0.6) is 11.8 Å². The molecule has 0 aliphatic rings. The Bertz CT molecular complexity index is 361. The second-order valence-electron chi connectivity index (χ2n) is 4.54. The van der Waals surface area contributed by atoms with Gasteiger partial charge < -0.3 is 19.5 Å². The maximum absolute atomic E-state index is 5.21. The molecule has 0 atom stereocenters. The third-order valence-electron chi connectivity index (χ3n) is 2.50. The molecule has 1 aromatic rings. The van der Waals surface area contributed by atoms with Crippen LogP contribution in [0.2, 0.25) is 0 Å². The molecule has 0 spiro atoms. The number of rotatable bonds is 7. The van der Waals surface area contributed by atoms with Crippen molar-refractivity contribution in [1.82, 2.24) is 15.3 Å². The SMILES string of the molecule is COCC(C)(C)NCc1c(OC)ncnc1OC. The van der Waals surface area contributed by atoms with Gasteiger partial charge in [-0.1, -0.05) is 0 Å². The number of nitrogens with one attached hydrogen (secondary N) is 1. The zero-order chi connectivity index (χ0) is 13.6. The van der Waals surface area contributed by atoms with Crippen molar-refractivity contribution in [1.29, 1.82) is 0 Å². The summed E-state index contributed by atoms with van der Waals surface area (Å²) < 4.78 is 15.6. The van der Waals surface area contributed by atoms with Crippen LogP contribution in [-0.2, 0) is 11.3 Å². The molecule has 0 aromatic carbocycles. The molecule has 0 saturated carbocycles. The summed E-state index contributed by atoms with van der Waals surface area (Å²) in [4.78, 5) is 8.14. The lowest BCUT2D eigenvalue weighted by molar-refractivity contribution is 0.127. The van der Waals surface area contributed by atoms with Crippen molar-refractivity contribution in [2.75, 3.05) is 27.9 Å². The van der Waals surface area contributed by atoms with Gasteiger partial charge >= 0.3 is 0 Å². The Hall–Kier alpha value is -1.40. The standard InChI is InChI=1S/C12H21N3O3/c1-12(2,7-16-3)15-6-9-10(17-4)13-8-14-11(9)18-5/h8,15H,6-7H2,1-5H3. The Morgan fingerprint density at radius 3 is 2.11 bits per heavy atom.